The molecule has 0 saturated carbocycles. The van der Waals surface area contributed by atoms with Crippen LogP contribution in [0.25, 0.3) is 11.3 Å². The Bertz CT molecular complexity index is 479. The highest BCUT2D eigenvalue weighted by atomic mass is 19.1. The summed E-state index contributed by atoms with van der Waals surface area (Å²) in [6.45, 7) is 2.13. The number of oxazole rings is 1. The zero-order valence-electron chi connectivity index (χ0n) is 8.33. The highest BCUT2D eigenvalue weighted by molar-refractivity contribution is 5.61. The predicted octanol–water partition coefficient (Wildman–Crippen LogP) is 2.25. The van der Waals surface area contributed by atoms with Crippen molar-refractivity contribution in [1.29, 1.82) is 0 Å². The monoisotopic (exact) mass is 206 g/mol. The van der Waals surface area contributed by atoms with Crippen LogP contribution in [-0.4, -0.2) is 4.98 Å². The zero-order valence-corrected chi connectivity index (χ0v) is 8.33. The highest BCUT2D eigenvalue weighted by Crippen LogP contribution is 2.26. The Morgan fingerprint density at radius 1 is 1.47 bits per heavy atom. The summed E-state index contributed by atoms with van der Waals surface area (Å²) < 4.78 is 18.7. The number of nitrogens with two attached hydrogens (primary N) is 1. The summed E-state index contributed by atoms with van der Waals surface area (Å²) in [4.78, 5) is 3.92. The minimum absolute atomic E-state index is 0.235. The molecule has 2 rings (SSSR count). The largest absolute Gasteiger partial charge is 0.443 e. The number of halogens is 1. The molecule has 0 atom stereocenters. The summed E-state index contributed by atoms with van der Waals surface area (Å²) in [6.07, 6.45) is 1.28. The van der Waals surface area contributed by atoms with E-state index in [1.165, 1.54) is 12.5 Å². The molecule has 15 heavy (non-hydrogen) atoms. The van der Waals surface area contributed by atoms with Crippen LogP contribution in [0.4, 0.5) is 4.39 Å². The van der Waals surface area contributed by atoms with Gasteiger partial charge in [0, 0.05) is 6.54 Å². The molecule has 0 aliphatic carbocycles. The smallest absolute Gasteiger partial charge is 0.181 e. The lowest BCUT2D eigenvalue weighted by atomic mass is 10.1. The summed E-state index contributed by atoms with van der Waals surface area (Å²) in [5.74, 6) is 0.0887. The topological polar surface area (TPSA) is 52.0 Å². The molecule has 78 valence electrons. The molecule has 0 bridgehead atoms. The summed E-state index contributed by atoms with van der Waals surface area (Å²) in [7, 11) is 0. The number of hydrogen-bond donors (Lipinski definition) is 1. The van der Waals surface area contributed by atoms with Crippen LogP contribution in [0.15, 0.2) is 29.0 Å². The number of rotatable bonds is 2. The van der Waals surface area contributed by atoms with Gasteiger partial charge in [-0.15, -0.1) is 0 Å². The van der Waals surface area contributed by atoms with Crippen molar-refractivity contribution in [3.63, 3.8) is 0 Å². The predicted molar refractivity (Wildman–Crippen MR) is 54.5 cm³/mol. The van der Waals surface area contributed by atoms with Gasteiger partial charge in [0.15, 0.2) is 12.2 Å². The Morgan fingerprint density at radius 3 is 3.00 bits per heavy atom. The van der Waals surface area contributed by atoms with Gasteiger partial charge in [0.25, 0.3) is 0 Å². The van der Waals surface area contributed by atoms with Crippen molar-refractivity contribution in [2.75, 3.05) is 0 Å². The Hall–Kier alpha value is -1.68. The van der Waals surface area contributed by atoms with Crippen LogP contribution >= 0.6 is 0 Å². The average Bonchev–Trinajstić information content (AvgIpc) is 2.69. The third-order valence-electron chi connectivity index (χ3n) is 2.20. The van der Waals surface area contributed by atoms with E-state index in [1.54, 1.807) is 12.1 Å². The van der Waals surface area contributed by atoms with Gasteiger partial charge in [-0.1, -0.05) is 11.6 Å². The maximum Gasteiger partial charge on any atom is 0.181 e. The molecule has 0 fully saturated rings. The second kappa shape index (κ2) is 3.82. The zero-order chi connectivity index (χ0) is 10.8. The molecule has 2 aromatic rings. The quantitative estimate of drug-likeness (QED) is 0.819. The van der Waals surface area contributed by atoms with Crippen LogP contribution in [0.2, 0.25) is 0 Å². The molecule has 0 amide bonds. The van der Waals surface area contributed by atoms with Gasteiger partial charge in [-0.05, 0) is 19.1 Å². The van der Waals surface area contributed by atoms with E-state index in [4.69, 9.17) is 10.2 Å². The number of nitrogens with zero attached hydrogens (tertiary/aromatic N) is 1. The third kappa shape index (κ3) is 1.76. The number of aryl methyl sites for hydroxylation is 1. The Kier molecular flexibility index (Phi) is 2.51. The molecule has 1 heterocycles. The van der Waals surface area contributed by atoms with Gasteiger partial charge in [-0.25, -0.2) is 9.37 Å². The van der Waals surface area contributed by atoms with Crippen molar-refractivity contribution in [3.8, 4) is 11.3 Å². The van der Waals surface area contributed by atoms with Crippen LogP contribution in [-0.2, 0) is 6.54 Å². The van der Waals surface area contributed by atoms with Crippen molar-refractivity contribution in [1.82, 2.24) is 4.98 Å². The lowest BCUT2D eigenvalue weighted by molar-refractivity contribution is 0.560. The lowest BCUT2D eigenvalue weighted by Gasteiger charge is -2.02. The molecule has 2 N–H and O–H groups in total. The molecule has 1 aromatic heterocycles. The van der Waals surface area contributed by atoms with E-state index in [9.17, 15) is 4.39 Å². The summed E-state index contributed by atoms with van der Waals surface area (Å²) >= 11 is 0. The summed E-state index contributed by atoms with van der Waals surface area (Å²) in [5, 5.41) is 0. The normalized spacial score (nSPS) is 10.6. The first-order valence-corrected chi connectivity index (χ1v) is 4.61. The van der Waals surface area contributed by atoms with Gasteiger partial charge >= 0.3 is 0 Å². The van der Waals surface area contributed by atoms with Gasteiger partial charge in [-0.3, -0.25) is 0 Å². The molecule has 0 spiro atoms. The number of benzene rings is 1. The van der Waals surface area contributed by atoms with E-state index in [2.05, 4.69) is 4.98 Å². The summed E-state index contributed by atoms with van der Waals surface area (Å²) in [6, 6.07) is 4.83. The Labute approximate surface area is 86.7 Å². The fourth-order valence-corrected chi connectivity index (χ4v) is 1.45. The standard InChI is InChI=1S/C11H11FN2O/c1-7-2-3-9(12)8(4-7)11-10(5-13)14-6-15-11/h2-4,6H,5,13H2,1H3. The molecule has 0 saturated heterocycles. The van der Waals surface area contributed by atoms with Crippen LogP contribution in [0.1, 0.15) is 11.3 Å². The van der Waals surface area contributed by atoms with E-state index >= 15 is 0 Å². The van der Waals surface area contributed by atoms with Gasteiger partial charge in [0.2, 0.25) is 0 Å². The fourth-order valence-electron chi connectivity index (χ4n) is 1.45. The molecule has 0 aliphatic heterocycles. The fraction of sp³-hybridized carbons (Fsp3) is 0.182. The van der Waals surface area contributed by atoms with Crippen LogP contribution in [0, 0.1) is 12.7 Å². The van der Waals surface area contributed by atoms with Crippen molar-refractivity contribution < 1.29 is 8.81 Å². The van der Waals surface area contributed by atoms with Crippen LogP contribution in [0.3, 0.4) is 0 Å². The Morgan fingerprint density at radius 2 is 2.27 bits per heavy atom. The lowest BCUT2D eigenvalue weighted by Crippen LogP contribution is -1.99. The Balaban J connectivity index is 2.58. The molecule has 0 radical (unpaired) electrons. The summed E-state index contributed by atoms with van der Waals surface area (Å²) in [5.41, 5.74) is 7.42. The molecule has 0 unspecified atom stereocenters. The van der Waals surface area contributed by atoms with Crippen LogP contribution in [0.5, 0.6) is 0 Å². The van der Waals surface area contributed by atoms with Crippen LogP contribution < -0.4 is 5.73 Å². The van der Waals surface area contributed by atoms with Crippen molar-refractivity contribution in [2.45, 2.75) is 13.5 Å². The van der Waals surface area contributed by atoms with Gasteiger partial charge in [0.1, 0.15) is 11.5 Å². The minimum atomic E-state index is -0.327. The molecular weight excluding hydrogens is 195 g/mol. The third-order valence-corrected chi connectivity index (χ3v) is 2.20. The van der Waals surface area contributed by atoms with Crippen molar-refractivity contribution in [2.24, 2.45) is 5.73 Å². The maximum atomic E-state index is 13.5. The van der Waals surface area contributed by atoms with E-state index in [1.807, 2.05) is 6.92 Å². The van der Waals surface area contributed by atoms with Gasteiger partial charge in [0.05, 0.1) is 5.56 Å². The second-order valence-electron chi connectivity index (χ2n) is 3.32. The highest BCUT2D eigenvalue weighted by Gasteiger charge is 2.13. The maximum absolute atomic E-state index is 13.5. The van der Waals surface area contributed by atoms with E-state index in [0.29, 0.717) is 17.0 Å². The molecule has 0 aliphatic rings. The first-order valence-electron chi connectivity index (χ1n) is 4.61. The number of aromatic nitrogens is 1. The molecule has 4 heteroatoms. The van der Waals surface area contributed by atoms with Crippen molar-refractivity contribution in [3.05, 3.63) is 41.7 Å². The average molecular weight is 206 g/mol. The van der Waals surface area contributed by atoms with E-state index < -0.39 is 0 Å². The van der Waals surface area contributed by atoms with E-state index in [-0.39, 0.29) is 12.4 Å². The van der Waals surface area contributed by atoms with Crippen molar-refractivity contribution >= 4 is 0 Å². The van der Waals surface area contributed by atoms with Gasteiger partial charge < -0.3 is 10.2 Å². The second-order valence-corrected chi connectivity index (χ2v) is 3.32. The molecular formula is C11H11FN2O. The van der Waals surface area contributed by atoms with E-state index in [0.717, 1.165) is 5.56 Å². The first-order chi connectivity index (χ1) is 7.22. The number of hydrogen-bond acceptors (Lipinski definition) is 3. The SMILES string of the molecule is Cc1ccc(F)c(-c2ocnc2CN)c1. The first kappa shape index (κ1) is 9.86. The molecule has 3 nitrogen and oxygen atoms in total. The van der Waals surface area contributed by atoms with Gasteiger partial charge in [-0.2, -0.15) is 0 Å². The minimum Gasteiger partial charge on any atom is -0.443 e. The molecule has 1 aromatic carbocycles.